The van der Waals surface area contributed by atoms with E-state index in [0.29, 0.717) is 31.3 Å². The van der Waals surface area contributed by atoms with Crippen molar-refractivity contribution in [3.63, 3.8) is 0 Å². The van der Waals surface area contributed by atoms with Crippen molar-refractivity contribution in [2.24, 2.45) is 0 Å². The first-order valence-electron chi connectivity index (χ1n) is 6.09. The number of anilines is 1. The molecule has 0 aliphatic carbocycles. The lowest BCUT2D eigenvalue weighted by Crippen LogP contribution is -2.37. The van der Waals surface area contributed by atoms with Gasteiger partial charge in [0, 0.05) is 6.54 Å². The van der Waals surface area contributed by atoms with E-state index in [1.807, 2.05) is 18.7 Å². The normalized spacial score (nSPS) is 19.0. The maximum Gasteiger partial charge on any atom is 0.326 e. The summed E-state index contributed by atoms with van der Waals surface area (Å²) >= 11 is 0. The Bertz CT molecular complexity index is 450. The van der Waals surface area contributed by atoms with Crippen LogP contribution in [0, 0.1) is 6.92 Å². The highest BCUT2D eigenvalue weighted by molar-refractivity contribution is 5.79. The fourth-order valence-corrected chi connectivity index (χ4v) is 2.27. The third kappa shape index (κ3) is 2.23. The number of rotatable bonds is 4. The molecule has 0 spiro atoms. The second-order valence-electron chi connectivity index (χ2n) is 4.25. The fraction of sp³-hybridized carbons (Fsp3) is 0.583. The third-order valence-electron chi connectivity index (χ3n) is 3.10. The number of ether oxygens (including phenoxy) is 1. The van der Waals surface area contributed by atoms with E-state index in [9.17, 15) is 9.90 Å². The molecule has 6 nitrogen and oxygen atoms in total. The van der Waals surface area contributed by atoms with Crippen molar-refractivity contribution in [3.8, 4) is 5.88 Å². The molecular formula is C12H17N3O3. The Morgan fingerprint density at radius 3 is 3.06 bits per heavy atom. The average Bonchev–Trinajstić information content (AvgIpc) is 2.81. The van der Waals surface area contributed by atoms with Crippen LogP contribution in [-0.4, -0.2) is 40.2 Å². The van der Waals surface area contributed by atoms with Gasteiger partial charge in [-0.25, -0.2) is 14.8 Å². The van der Waals surface area contributed by atoms with Gasteiger partial charge in [-0.2, -0.15) is 0 Å². The second-order valence-corrected chi connectivity index (χ2v) is 4.25. The van der Waals surface area contributed by atoms with Crippen LogP contribution in [0.1, 0.15) is 25.3 Å². The summed E-state index contributed by atoms with van der Waals surface area (Å²) in [5.74, 6) is 0.389. The Morgan fingerprint density at radius 1 is 1.61 bits per heavy atom. The van der Waals surface area contributed by atoms with E-state index in [1.165, 1.54) is 6.33 Å². The van der Waals surface area contributed by atoms with Crippen molar-refractivity contribution in [1.29, 1.82) is 0 Å². The lowest BCUT2D eigenvalue weighted by Gasteiger charge is -2.24. The molecule has 1 aromatic heterocycles. The van der Waals surface area contributed by atoms with Crippen LogP contribution in [0.2, 0.25) is 0 Å². The molecule has 1 aliphatic rings. The minimum absolute atomic E-state index is 0.493. The number of aromatic nitrogens is 2. The van der Waals surface area contributed by atoms with Gasteiger partial charge in [-0.1, -0.05) is 0 Å². The van der Waals surface area contributed by atoms with Gasteiger partial charge in [0.25, 0.3) is 0 Å². The highest BCUT2D eigenvalue weighted by Gasteiger charge is 2.32. The SMILES string of the molecule is CCOc1ncnc(N2CCCC2C(=O)O)c1C. The van der Waals surface area contributed by atoms with Crippen LogP contribution in [0.15, 0.2) is 6.33 Å². The van der Waals surface area contributed by atoms with E-state index in [4.69, 9.17) is 4.74 Å². The van der Waals surface area contributed by atoms with Crippen molar-refractivity contribution in [3.05, 3.63) is 11.9 Å². The van der Waals surface area contributed by atoms with Gasteiger partial charge in [0.15, 0.2) is 0 Å². The van der Waals surface area contributed by atoms with Gasteiger partial charge < -0.3 is 14.7 Å². The molecule has 2 heterocycles. The van der Waals surface area contributed by atoms with E-state index in [0.717, 1.165) is 12.0 Å². The first kappa shape index (κ1) is 12.6. The number of aliphatic carboxylic acids is 1. The number of hydrogen-bond donors (Lipinski definition) is 1. The van der Waals surface area contributed by atoms with Crippen LogP contribution in [0.3, 0.4) is 0 Å². The molecule has 1 atom stereocenters. The summed E-state index contributed by atoms with van der Waals surface area (Å²) in [5, 5.41) is 9.19. The van der Waals surface area contributed by atoms with E-state index in [-0.39, 0.29) is 0 Å². The topological polar surface area (TPSA) is 75.6 Å². The van der Waals surface area contributed by atoms with Crippen molar-refractivity contribution in [2.45, 2.75) is 32.7 Å². The molecule has 1 aromatic rings. The predicted molar refractivity (Wildman–Crippen MR) is 65.9 cm³/mol. The quantitative estimate of drug-likeness (QED) is 0.867. The Morgan fingerprint density at radius 2 is 2.39 bits per heavy atom. The van der Waals surface area contributed by atoms with Crippen molar-refractivity contribution in [2.75, 3.05) is 18.1 Å². The highest BCUT2D eigenvalue weighted by Crippen LogP contribution is 2.29. The molecule has 1 saturated heterocycles. The fourth-order valence-electron chi connectivity index (χ4n) is 2.27. The summed E-state index contributed by atoms with van der Waals surface area (Å²) in [6, 6.07) is -0.493. The van der Waals surface area contributed by atoms with Gasteiger partial charge in [-0.15, -0.1) is 0 Å². The molecule has 18 heavy (non-hydrogen) atoms. The van der Waals surface area contributed by atoms with Crippen molar-refractivity contribution >= 4 is 11.8 Å². The van der Waals surface area contributed by atoms with Crippen LogP contribution in [0.4, 0.5) is 5.82 Å². The number of carbonyl (C=O) groups is 1. The minimum Gasteiger partial charge on any atom is -0.480 e. The van der Waals surface area contributed by atoms with Crippen molar-refractivity contribution in [1.82, 2.24) is 9.97 Å². The number of hydrogen-bond acceptors (Lipinski definition) is 5. The van der Waals surface area contributed by atoms with Crippen LogP contribution in [0.25, 0.3) is 0 Å². The van der Waals surface area contributed by atoms with E-state index < -0.39 is 12.0 Å². The molecule has 0 bridgehead atoms. The smallest absolute Gasteiger partial charge is 0.326 e. The lowest BCUT2D eigenvalue weighted by atomic mass is 10.2. The molecule has 0 amide bonds. The zero-order chi connectivity index (χ0) is 13.1. The van der Waals surface area contributed by atoms with Crippen LogP contribution in [-0.2, 0) is 4.79 Å². The molecule has 1 N–H and O–H groups in total. The average molecular weight is 251 g/mol. The standard InChI is InChI=1S/C12H17N3O3/c1-3-18-11-8(2)10(13-7-14-11)15-6-4-5-9(15)12(16)17/h7,9H,3-6H2,1-2H3,(H,16,17). The Hall–Kier alpha value is -1.85. The Balaban J connectivity index is 2.32. The number of carboxylic acids is 1. The molecule has 98 valence electrons. The number of carboxylic acid groups (broad SMARTS) is 1. The summed E-state index contributed by atoms with van der Waals surface area (Å²) in [4.78, 5) is 21.3. The first-order chi connectivity index (χ1) is 8.65. The monoisotopic (exact) mass is 251 g/mol. The maximum atomic E-state index is 11.2. The molecule has 1 aliphatic heterocycles. The van der Waals surface area contributed by atoms with Gasteiger partial charge in [0.2, 0.25) is 5.88 Å². The zero-order valence-corrected chi connectivity index (χ0v) is 10.6. The summed E-state index contributed by atoms with van der Waals surface area (Å²) in [7, 11) is 0. The van der Waals surface area contributed by atoms with Gasteiger partial charge in [-0.3, -0.25) is 0 Å². The van der Waals surface area contributed by atoms with Gasteiger partial charge >= 0.3 is 5.97 Å². The van der Waals surface area contributed by atoms with Gasteiger partial charge in [-0.05, 0) is 26.7 Å². The molecular weight excluding hydrogens is 234 g/mol. The number of nitrogens with zero attached hydrogens (tertiary/aromatic N) is 3. The molecule has 1 fully saturated rings. The molecule has 0 saturated carbocycles. The molecule has 6 heteroatoms. The minimum atomic E-state index is -0.802. The summed E-state index contributed by atoms with van der Waals surface area (Å²) < 4.78 is 5.41. The largest absolute Gasteiger partial charge is 0.480 e. The Labute approximate surface area is 106 Å². The van der Waals surface area contributed by atoms with Crippen LogP contribution in [0.5, 0.6) is 5.88 Å². The van der Waals surface area contributed by atoms with E-state index in [1.54, 1.807) is 0 Å². The Kier molecular flexibility index (Phi) is 3.64. The van der Waals surface area contributed by atoms with Gasteiger partial charge in [0.1, 0.15) is 18.2 Å². The molecule has 2 rings (SSSR count). The summed E-state index contributed by atoms with van der Waals surface area (Å²) in [5.41, 5.74) is 0.799. The predicted octanol–water partition coefficient (Wildman–Crippen LogP) is 1.24. The van der Waals surface area contributed by atoms with E-state index >= 15 is 0 Å². The van der Waals surface area contributed by atoms with E-state index in [2.05, 4.69) is 9.97 Å². The third-order valence-corrected chi connectivity index (χ3v) is 3.10. The molecule has 0 aromatic carbocycles. The molecule has 0 radical (unpaired) electrons. The van der Waals surface area contributed by atoms with Crippen molar-refractivity contribution < 1.29 is 14.6 Å². The molecule has 1 unspecified atom stereocenters. The maximum absolute atomic E-state index is 11.2. The van der Waals surface area contributed by atoms with Gasteiger partial charge in [0.05, 0.1) is 12.2 Å². The first-order valence-corrected chi connectivity index (χ1v) is 6.09. The van der Waals surface area contributed by atoms with Crippen LogP contribution >= 0.6 is 0 Å². The summed E-state index contributed by atoms with van der Waals surface area (Å²) in [6.07, 6.45) is 2.94. The second kappa shape index (κ2) is 5.20. The van der Waals surface area contributed by atoms with Crippen LogP contribution < -0.4 is 9.64 Å². The lowest BCUT2D eigenvalue weighted by molar-refractivity contribution is -0.138. The zero-order valence-electron chi connectivity index (χ0n) is 10.6. The summed E-state index contributed by atoms with van der Waals surface area (Å²) in [6.45, 7) is 4.98. The highest BCUT2D eigenvalue weighted by atomic mass is 16.5.